The van der Waals surface area contributed by atoms with Gasteiger partial charge in [0.05, 0.1) is 12.9 Å². The number of hydrogen-bond donors (Lipinski definition) is 1. The van der Waals surface area contributed by atoms with Crippen LogP contribution in [0.15, 0.2) is 11.1 Å². The van der Waals surface area contributed by atoms with Crippen molar-refractivity contribution in [3.8, 4) is 0 Å². The zero-order chi connectivity index (χ0) is 12.7. The monoisotopic (exact) mass is 257 g/mol. The first-order valence-electron chi connectivity index (χ1n) is 4.94. The van der Waals surface area contributed by atoms with Gasteiger partial charge in [0.1, 0.15) is 17.5 Å². The van der Waals surface area contributed by atoms with Crippen molar-refractivity contribution in [1.82, 2.24) is 9.97 Å². The van der Waals surface area contributed by atoms with E-state index in [-0.39, 0.29) is 11.7 Å². The van der Waals surface area contributed by atoms with Crippen LogP contribution in [0.25, 0.3) is 0 Å². The molecule has 1 heterocycles. The lowest BCUT2D eigenvalue weighted by atomic mass is 10.5. The fraction of sp³-hybridized carbons (Fsp3) is 0.500. The molecule has 0 saturated heterocycles. The van der Waals surface area contributed by atoms with Crippen LogP contribution in [0.5, 0.6) is 0 Å². The van der Waals surface area contributed by atoms with E-state index in [0.717, 1.165) is 0 Å². The molecule has 0 aliphatic rings. The number of carbonyl (C=O) groups is 1. The molecule has 1 rings (SSSR count). The quantitative estimate of drug-likeness (QED) is 0.461. The van der Waals surface area contributed by atoms with Crippen molar-refractivity contribution >= 4 is 23.5 Å². The number of esters is 1. The minimum Gasteiger partial charge on any atom is -0.468 e. The number of nitrogens with one attached hydrogen (secondary N) is 1. The van der Waals surface area contributed by atoms with Crippen LogP contribution >= 0.6 is 11.8 Å². The van der Waals surface area contributed by atoms with Gasteiger partial charge < -0.3 is 14.8 Å². The Balaban J connectivity index is 2.75. The van der Waals surface area contributed by atoms with Crippen molar-refractivity contribution in [2.75, 3.05) is 32.3 Å². The number of nitrogens with zero attached hydrogens (tertiary/aromatic N) is 2. The molecular formula is C10H15N3O3S. The van der Waals surface area contributed by atoms with Gasteiger partial charge in [0.2, 0.25) is 0 Å². The van der Waals surface area contributed by atoms with Crippen molar-refractivity contribution in [3.63, 3.8) is 0 Å². The van der Waals surface area contributed by atoms with Gasteiger partial charge in [-0.1, -0.05) is 11.8 Å². The lowest BCUT2D eigenvalue weighted by Crippen LogP contribution is -2.05. The third-order valence-corrected chi connectivity index (χ3v) is 2.73. The summed E-state index contributed by atoms with van der Waals surface area (Å²) in [5, 5.41) is 3.64. The third kappa shape index (κ3) is 4.58. The molecule has 0 aliphatic heterocycles. The maximum atomic E-state index is 11.0. The Labute approximate surface area is 104 Å². The van der Waals surface area contributed by atoms with Crippen LogP contribution < -0.4 is 5.32 Å². The van der Waals surface area contributed by atoms with Crippen LogP contribution in [0.4, 0.5) is 5.82 Å². The molecule has 0 fully saturated rings. The normalized spacial score (nSPS) is 10.1. The van der Waals surface area contributed by atoms with E-state index in [4.69, 9.17) is 4.74 Å². The molecule has 0 saturated carbocycles. The standard InChI is InChI=1S/C10H15N3O3S/c1-11-7-4-9(17-6-10(14)16-3)13-8(12-7)5-15-2/h4H,5-6H2,1-3H3,(H,11,12,13). The highest BCUT2D eigenvalue weighted by Crippen LogP contribution is 2.18. The Morgan fingerprint density at radius 3 is 2.82 bits per heavy atom. The fourth-order valence-corrected chi connectivity index (χ4v) is 1.81. The Bertz CT molecular complexity index is 387. The van der Waals surface area contributed by atoms with E-state index >= 15 is 0 Å². The molecule has 0 atom stereocenters. The number of aromatic nitrogens is 2. The van der Waals surface area contributed by atoms with Gasteiger partial charge in [-0.05, 0) is 0 Å². The van der Waals surface area contributed by atoms with E-state index in [1.807, 2.05) is 0 Å². The van der Waals surface area contributed by atoms with Crippen molar-refractivity contribution in [2.45, 2.75) is 11.6 Å². The highest BCUT2D eigenvalue weighted by Gasteiger charge is 2.07. The van der Waals surface area contributed by atoms with Crippen molar-refractivity contribution in [1.29, 1.82) is 0 Å². The predicted octanol–water partition coefficient (Wildman–Crippen LogP) is 0.930. The van der Waals surface area contributed by atoms with Gasteiger partial charge in [-0.25, -0.2) is 9.97 Å². The average Bonchev–Trinajstić information content (AvgIpc) is 2.36. The lowest BCUT2D eigenvalue weighted by Gasteiger charge is -2.06. The summed E-state index contributed by atoms with van der Waals surface area (Å²) in [6, 6.07) is 1.77. The number of rotatable bonds is 6. The van der Waals surface area contributed by atoms with Gasteiger partial charge in [0, 0.05) is 20.2 Å². The number of methoxy groups -OCH3 is 2. The largest absolute Gasteiger partial charge is 0.468 e. The lowest BCUT2D eigenvalue weighted by molar-refractivity contribution is -0.137. The molecule has 7 heteroatoms. The summed E-state index contributed by atoms with van der Waals surface area (Å²) in [6.07, 6.45) is 0. The molecule has 0 unspecified atom stereocenters. The molecule has 0 aliphatic carbocycles. The summed E-state index contributed by atoms with van der Waals surface area (Å²) in [5.74, 6) is 1.21. The SMILES string of the molecule is CNc1cc(SCC(=O)OC)nc(COC)n1. The van der Waals surface area contributed by atoms with E-state index in [9.17, 15) is 4.79 Å². The van der Waals surface area contributed by atoms with Crippen molar-refractivity contribution < 1.29 is 14.3 Å². The number of hydrogen-bond acceptors (Lipinski definition) is 7. The molecule has 0 bridgehead atoms. The molecule has 94 valence electrons. The van der Waals surface area contributed by atoms with Crippen LogP contribution in [0.3, 0.4) is 0 Å². The predicted molar refractivity (Wildman–Crippen MR) is 65.0 cm³/mol. The Hall–Kier alpha value is -1.34. The summed E-state index contributed by atoms with van der Waals surface area (Å²) in [4.78, 5) is 19.5. The van der Waals surface area contributed by atoms with E-state index in [0.29, 0.717) is 23.3 Å². The Kier molecular flexibility index (Phi) is 5.71. The fourth-order valence-electron chi connectivity index (χ4n) is 1.06. The van der Waals surface area contributed by atoms with Crippen LogP contribution in [-0.2, 0) is 20.9 Å². The van der Waals surface area contributed by atoms with E-state index in [1.54, 1.807) is 20.2 Å². The molecule has 17 heavy (non-hydrogen) atoms. The number of anilines is 1. The first-order chi connectivity index (χ1) is 8.19. The van der Waals surface area contributed by atoms with Gasteiger partial charge >= 0.3 is 5.97 Å². The summed E-state index contributed by atoms with van der Waals surface area (Å²) < 4.78 is 9.54. The second-order valence-electron chi connectivity index (χ2n) is 3.06. The highest BCUT2D eigenvalue weighted by molar-refractivity contribution is 7.99. The molecule has 0 aromatic carbocycles. The van der Waals surface area contributed by atoms with Gasteiger partial charge in [-0.15, -0.1) is 0 Å². The van der Waals surface area contributed by atoms with Gasteiger partial charge in [0.25, 0.3) is 0 Å². The van der Waals surface area contributed by atoms with E-state index in [2.05, 4.69) is 20.0 Å². The minimum absolute atomic E-state index is 0.225. The second kappa shape index (κ2) is 7.08. The zero-order valence-corrected chi connectivity index (χ0v) is 10.8. The molecule has 1 aromatic rings. The summed E-state index contributed by atoms with van der Waals surface area (Å²) >= 11 is 1.30. The molecule has 6 nitrogen and oxygen atoms in total. The molecule has 1 aromatic heterocycles. The number of carbonyl (C=O) groups excluding carboxylic acids is 1. The first-order valence-corrected chi connectivity index (χ1v) is 5.92. The van der Waals surface area contributed by atoms with Crippen LogP contribution in [0, 0.1) is 0 Å². The molecule has 1 N–H and O–H groups in total. The highest BCUT2D eigenvalue weighted by atomic mass is 32.2. The smallest absolute Gasteiger partial charge is 0.316 e. The molecule has 0 amide bonds. The Morgan fingerprint density at radius 2 is 2.24 bits per heavy atom. The maximum Gasteiger partial charge on any atom is 0.316 e. The summed E-state index contributed by atoms with van der Waals surface area (Å²) in [5.41, 5.74) is 0. The summed E-state index contributed by atoms with van der Waals surface area (Å²) in [7, 11) is 4.71. The topological polar surface area (TPSA) is 73.3 Å². The summed E-state index contributed by atoms with van der Waals surface area (Å²) in [6.45, 7) is 0.335. The van der Waals surface area contributed by atoms with E-state index in [1.165, 1.54) is 18.9 Å². The van der Waals surface area contributed by atoms with Crippen molar-refractivity contribution in [3.05, 3.63) is 11.9 Å². The van der Waals surface area contributed by atoms with Crippen molar-refractivity contribution in [2.24, 2.45) is 0 Å². The second-order valence-corrected chi connectivity index (χ2v) is 4.05. The zero-order valence-electron chi connectivity index (χ0n) is 10.0. The van der Waals surface area contributed by atoms with Gasteiger partial charge in [0.15, 0.2) is 5.82 Å². The molecule has 0 spiro atoms. The number of thioether (sulfide) groups is 1. The molecular weight excluding hydrogens is 242 g/mol. The van der Waals surface area contributed by atoms with Crippen LogP contribution in [0.1, 0.15) is 5.82 Å². The Morgan fingerprint density at radius 1 is 1.47 bits per heavy atom. The van der Waals surface area contributed by atoms with E-state index < -0.39 is 0 Å². The average molecular weight is 257 g/mol. The van der Waals surface area contributed by atoms with Gasteiger partial charge in [-0.3, -0.25) is 4.79 Å². The minimum atomic E-state index is -0.284. The maximum absolute atomic E-state index is 11.0. The molecule has 0 radical (unpaired) electrons. The third-order valence-electron chi connectivity index (χ3n) is 1.84. The van der Waals surface area contributed by atoms with Crippen LogP contribution in [-0.4, -0.2) is 43.0 Å². The van der Waals surface area contributed by atoms with Crippen LogP contribution in [0.2, 0.25) is 0 Å². The van der Waals surface area contributed by atoms with Gasteiger partial charge in [-0.2, -0.15) is 0 Å². The first kappa shape index (κ1) is 13.7. The number of ether oxygens (including phenoxy) is 2.